The Kier molecular flexibility index (Phi) is 5.54. The molecule has 1 amide bonds. The average molecular weight is 398 g/mol. The van der Waals surface area contributed by atoms with E-state index < -0.39 is 63.9 Å². The number of ether oxygens (including phenoxy) is 2. The van der Waals surface area contributed by atoms with E-state index in [0.717, 1.165) is 7.11 Å². The summed E-state index contributed by atoms with van der Waals surface area (Å²) in [5.41, 5.74) is -0.937. The number of likely N-dealkylation sites (tertiary alicyclic amines) is 1. The van der Waals surface area contributed by atoms with Gasteiger partial charge in [0.15, 0.2) is 0 Å². The molecular weight excluding hydrogens is 374 g/mol. The zero-order chi connectivity index (χ0) is 19.9. The van der Waals surface area contributed by atoms with Crippen molar-refractivity contribution in [3.63, 3.8) is 0 Å². The van der Waals surface area contributed by atoms with Gasteiger partial charge < -0.3 is 9.47 Å². The molecule has 0 aromatic rings. The molecule has 0 aromatic heterocycles. The molecule has 0 bridgehead atoms. The molecule has 0 spiro atoms. The summed E-state index contributed by atoms with van der Waals surface area (Å²) >= 11 is 0. The number of sulfonamides is 1. The van der Waals surface area contributed by atoms with E-state index in [-0.39, 0.29) is 0 Å². The van der Waals surface area contributed by atoms with Crippen LogP contribution in [0.15, 0.2) is 0 Å². The maximum Gasteiger partial charge on any atom is 0.410 e. The number of carbonyl (C=O) groups excluding carboxylic acids is 2. The van der Waals surface area contributed by atoms with Crippen LogP contribution in [-0.4, -0.2) is 67.9 Å². The third-order valence-corrected chi connectivity index (χ3v) is 6.11. The van der Waals surface area contributed by atoms with Gasteiger partial charge >= 0.3 is 12.1 Å². The Morgan fingerprint density at radius 3 is 2.31 bits per heavy atom. The molecule has 150 valence electrons. The number of alkyl halides is 2. The van der Waals surface area contributed by atoms with Crippen LogP contribution in [0, 0.1) is 0 Å². The van der Waals surface area contributed by atoms with Crippen molar-refractivity contribution in [2.75, 3.05) is 13.7 Å². The zero-order valence-corrected chi connectivity index (χ0v) is 15.9. The van der Waals surface area contributed by atoms with Crippen molar-refractivity contribution >= 4 is 22.1 Å². The maximum atomic E-state index is 14.8. The molecule has 0 unspecified atom stereocenters. The topological polar surface area (TPSA) is 102 Å². The summed E-state index contributed by atoms with van der Waals surface area (Å²) in [6.45, 7) is 4.11. The van der Waals surface area contributed by atoms with E-state index in [4.69, 9.17) is 4.74 Å². The molecule has 0 aromatic carbocycles. The second-order valence-corrected chi connectivity index (χ2v) is 9.51. The van der Waals surface area contributed by atoms with Gasteiger partial charge in [-0.1, -0.05) is 0 Å². The first-order valence-electron chi connectivity index (χ1n) is 8.23. The van der Waals surface area contributed by atoms with Crippen molar-refractivity contribution in [1.29, 1.82) is 0 Å². The Hall–Kier alpha value is -1.49. The highest BCUT2D eigenvalue weighted by molar-refractivity contribution is 7.90. The first-order chi connectivity index (χ1) is 11.8. The number of hydrogen-bond donors (Lipinski definition) is 1. The minimum Gasteiger partial charge on any atom is -0.469 e. The maximum absolute atomic E-state index is 14.8. The molecule has 1 heterocycles. The van der Waals surface area contributed by atoms with Crippen LogP contribution in [0.5, 0.6) is 0 Å². The first kappa shape index (κ1) is 20.8. The Morgan fingerprint density at radius 1 is 1.27 bits per heavy atom. The highest BCUT2D eigenvalue weighted by Gasteiger charge is 2.60. The third-order valence-electron chi connectivity index (χ3n) is 4.15. The van der Waals surface area contributed by atoms with Gasteiger partial charge in [0.1, 0.15) is 17.7 Å². The second-order valence-electron chi connectivity index (χ2n) is 7.52. The Bertz CT molecular complexity index is 672. The highest BCUT2D eigenvalue weighted by atomic mass is 32.2. The SMILES string of the molecule is COC(=O)C[C@H]1N(C(=O)OC(C)(C)C)C[C@@H](NS(=O)(=O)C2CC2)C1(F)F. The van der Waals surface area contributed by atoms with Gasteiger partial charge in [-0.3, -0.25) is 9.69 Å². The number of esters is 1. The summed E-state index contributed by atoms with van der Waals surface area (Å²) in [5, 5.41) is -0.687. The number of nitrogens with zero attached hydrogens (tertiary/aromatic N) is 1. The predicted molar refractivity (Wildman–Crippen MR) is 87.2 cm³/mol. The van der Waals surface area contributed by atoms with E-state index in [2.05, 4.69) is 4.74 Å². The van der Waals surface area contributed by atoms with Crippen LogP contribution in [0.4, 0.5) is 13.6 Å². The summed E-state index contributed by atoms with van der Waals surface area (Å²) in [6.07, 6.45) is -0.992. The zero-order valence-electron chi connectivity index (χ0n) is 15.1. The fraction of sp³-hybridized carbons (Fsp3) is 0.867. The summed E-state index contributed by atoms with van der Waals surface area (Å²) in [4.78, 5) is 24.6. The Labute approximate surface area is 151 Å². The van der Waals surface area contributed by atoms with Crippen LogP contribution in [0.1, 0.15) is 40.0 Å². The quantitative estimate of drug-likeness (QED) is 0.700. The van der Waals surface area contributed by atoms with Crippen molar-refractivity contribution < 1.29 is 36.3 Å². The van der Waals surface area contributed by atoms with Gasteiger partial charge in [0, 0.05) is 6.54 Å². The molecule has 1 saturated carbocycles. The van der Waals surface area contributed by atoms with E-state index >= 15 is 0 Å². The number of carbonyl (C=O) groups is 2. The predicted octanol–water partition coefficient (Wildman–Crippen LogP) is 1.25. The van der Waals surface area contributed by atoms with Crippen molar-refractivity contribution in [3.05, 3.63) is 0 Å². The van der Waals surface area contributed by atoms with Crippen LogP contribution < -0.4 is 4.72 Å². The van der Waals surface area contributed by atoms with Crippen molar-refractivity contribution in [1.82, 2.24) is 9.62 Å². The lowest BCUT2D eigenvalue weighted by Gasteiger charge is -2.29. The molecule has 2 rings (SSSR count). The first-order valence-corrected chi connectivity index (χ1v) is 9.78. The van der Waals surface area contributed by atoms with E-state index in [9.17, 15) is 26.8 Å². The third kappa shape index (κ3) is 4.61. The van der Waals surface area contributed by atoms with Gasteiger partial charge in [-0.25, -0.2) is 26.7 Å². The van der Waals surface area contributed by atoms with Gasteiger partial charge in [-0.05, 0) is 33.6 Å². The minimum absolute atomic E-state index is 0.412. The molecule has 2 fully saturated rings. The summed E-state index contributed by atoms with van der Waals surface area (Å²) in [5.74, 6) is -4.60. The molecule has 11 heteroatoms. The van der Waals surface area contributed by atoms with Crippen LogP contribution in [0.3, 0.4) is 0 Å². The lowest BCUT2D eigenvalue weighted by Crippen LogP contribution is -2.51. The number of methoxy groups -OCH3 is 1. The van der Waals surface area contributed by atoms with Crippen molar-refractivity contribution in [3.8, 4) is 0 Å². The fourth-order valence-electron chi connectivity index (χ4n) is 2.68. The largest absolute Gasteiger partial charge is 0.469 e. The smallest absolute Gasteiger partial charge is 0.410 e. The summed E-state index contributed by atoms with van der Waals surface area (Å²) in [7, 11) is -2.87. The second kappa shape index (κ2) is 6.91. The molecular formula is C15H24F2N2O6S. The van der Waals surface area contributed by atoms with Crippen LogP contribution >= 0.6 is 0 Å². The molecule has 1 aliphatic carbocycles. The van der Waals surface area contributed by atoms with Crippen LogP contribution in [0.2, 0.25) is 0 Å². The number of hydrogen-bond acceptors (Lipinski definition) is 6. The van der Waals surface area contributed by atoms with Gasteiger partial charge in [0.25, 0.3) is 5.92 Å². The molecule has 26 heavy (non-hydrogen) atoms. The van der Waals surface area contributed by atoms with E-state index in [1.54, 1.807) is 20.8 Å². The molecule has 1 saturated heterocycles. The molecule has 2 aliphatic rings. The van der Waals surface area contributed by atoms with Gasteiger partial charge in [-0.15, -0.1) is 0 Å². The normalized spacial score (nSPS) is 25.8. The average Bonchev–Trinajstić information content (AvgIpc) is 3.29. The number of amides is 1. The van der Waals surface area contributed by atoms with Crippen molar-refractivity contribution in [2.24, 2.45) is 0 Å². The highest BCUT2D eigenvalue weighted by Crippen LogP contribution is 2.39. The van der Waals surface area contributed by atoms with Gasteiger partial charge in [-0.2, -0.15) is 0 Å². The standard InChI is InChI=1S/C15H24F2N2O6S/c1-14(2,3)25-13(21)19-8-10(18-26(22,23)9-5-6-9)15(16,17)11(19)7-12(20)24-4/h9-11,18H,5-8H2,1-4H3/t10-,11-/m1/s1. The van der Waals surface area contributed by atoms with Crippen molar-refractivity contribution in [2.45, 2.75) is 68.9 Å². The molecule has 2 atom stereocenters. The van der Waals surface area contributed by atoms with Crippen LogP contribution in [0.25, 0.3) is 0 Å². The number of nitrogens with one attached hydrogen (secondary N) is 1. The minimum atomic E-state index is -3.91. The molecule has 1 N–H and O–H groups in total. The molecule has 0 radical (unpaired) electrons. The Morgan fingerprint density at radius 2 is 1.85 bits per heavy atom. The van der Waals surface area contributed by atoms with Crippen LogP contribution in [-0.2, 0) is 24.3 Å². The summed E-state index contributed by atoms with van der Waals surface area (Å²) < 4.78 is 65.3. The lowest BCUT2D eigenvalue weighted by atomic mass is 10.1. The number of rotatable bonds is 5. The van der Waals surface area contributed by atoms with Gasteiger partial charge in [0.05, 0.1) is 18.8 Å². The lowest BCUT2D eigenvalue weighted by molar-refractivity contribution is -0.145. The summed E-state index contributed by atoms with van der Waals surface area (Å²) in [6, 6.07) is -3.70. The Balaban J connectivity index is 2.26. The number of halogens is 2. The van der Waals surface area contributed by atoms with Gasteiger partial charge in [0.2, 0.25) is 10.0 Å². The van der Waals surface area contributed by atoms with E-state index in [1.165, 1.54) is 0 Å². The molecule has 1 aliphatic heterocycles. The fourth-order valence-corrected chi connectivity index (χ4v) is 4.26. The van der Waals surface area contributed by atoms with E-state index in [0.29, 0.717) is 17.7 Å². The monoisotopic (exact) mass is 398 g/mol. The molecule has 8 nitrogen and oxygen atoms in total. The van der Waals surface area contributed by atoms with E-state index in [1.807, 2.05) is 4.72 Å².